The van der Waals surface area contributed by atoms with Crippen molar-refractivity contribution in [3.8, 4) is 0 Å². The van der Waals surface area contributed by atoms with Gasteiger partial charge in [-0.1, -0.05) is 5.16 Å². The highest BCUT2D eigenvalue weighted by Crippen LogP contribution is 1.95. The summed E-state index contributed by atoms with van der Waals surface area (Å²) < 4.78 is 2.03. The van der Waals surface area contributed by atoms with Crippen molar-refractivity contribution >= 4 is 6.21 Å². The smallest absolute Gasteiger partial charge is 0.227 e. The largest absolute Gasteiger partial charge is 0.411 e. The monoisotopic (exact) mass is 165 g/mol. The van der Waals surface area contributed by atoms with Crippen LogP contribution in [0.5, 0.6) is 0 Å². The van der Waals surface area contributed by atoms with Crippen LogP contribution in [-0.4, -0.2) is 11.4 Å². The molecule has 3 nitrogen and oxygen atoms in total. The molecule has 1 heterocycles. The first-order chi connectivity index (χ1) is 5.75. The molecule has 0 amide bonds. The highest BCUT2D eigenvalue weighted by molar-refractivity contribution is 5.74. The molecule has 1 aromatic rings. The Labute approximate surface area is 72.0 Å². The van der Waals surface area contributed by atoms with Crippen molar-refractivity contribution in [3.63, 3.8) is 0 Å². The Morgan fingerprint density at radius 1 is 1.50 bits per heavy atom. The van der Waals surface area contributed by atoms with Crippen LogP contribution in [0.2, 0.25) is 0 Å². The molecule has 1 N–H and O–H groups in total. The molecule has 0 bridgehead atoms. The van der Waals surface area contributed by atoms with Crippen LogP contribution in [-0.2, 0) is 0 Å². The predicted molar refractivity (Wildman–Crippen MR) is 46.4 cm³/mol. The van der Waals surface area contributed by atoms with Gasteiger partial charge in [0.2, 0.25) is 5.69 Å². The normalized spacial score (nSPS) is 11.2. The maximum Gasteiger partial charge on any atom is 0.227 e. The fourth-order valence-corrected chi connectivity index (χ4v) is 1.11. The van der Waals surface area contributed by atoms with E-state index in [2.05, 4.69) is 19.0 Å². The third-order valence-corrected chi connectivity index (χ3v) is 1.67. The SMILES string of the molecule is CC(C)[n+]1ccccc1C=NO. The number of pyridine rings is 1. The molecule has 0 atom stereocenters. The minimum atomic E-state index is 0.374. The van der Waals surface area contributed by atoms with Gasteiger partial charge in [-0.25, -0.2) is 0 Å². The first kappa shape index (κ1) is 8.71. The molecule has 12 heavy (non-hydrogen) atoms. The van der Waals surface area contributed by atoms with Crippen LogP contribution in [0.25, 0.3) is 0 Å². The van der Waals surface area contributed by atoms with Gasteiger partial charge in [-0.3, -0.25) is 0 Å². The van der Waals surface area contributed by atoms with Crippen molar-refractivity contribution in [2.24, 2.45) is 5.16 Å². The van der Waals surface area contributed by atoms with Gasteiger partial charge in [0, 0.05) is 12.1 Å². The minimum absolute atomic E-state index is 0.374. The Balaban J connectivity index is 3.08. The Hall–Kier alpha value is -1.38. The van der Waals surface area contributed by atoms with Crippen LogP contribution in [0.3, 0.4) is 0 Å². The third-order valence-electron chi connectivity index (χ3n) is 1.67. The maximum absolute atomic E-state index is 8.38. The van der Waals surface area contributed by atoms with Gasteiger partial charge in [0.15, 0.2) is 12.2 Å². The van der Waals surface area contributed by atoms with E-state index < -0.39 is 0 Å². The predicted octanol–water partition coefficient (Wildman–Crippen LogP) is 1.36. The molecule has 0 saturated carbocycles. The molecular formula is C9H13N2O+. The van der Waals surface area contributed by atoms with E-state index in [1.807, 2.05) is 29.0 Å². The molecule has 0 saturated heterocycles. The summed E-state index contributed by atoms with van der Waals surface area (Å²) in [7, 11) is 0. The van der Waals surface area contributed by atoms with Crippen LogP contribution in [0.1, 0.15) is 25.6 Å². The van der Waals surface area contributed by atoms with Gasteiger partial charge >= 0.3 is 0 Å². The highest BCUT2D eigenvalue weighted by atomic mass is 16.4. The molecule has 0 aliphatic carbocycles. The minimum Gasteiger partial charge on any atom is -0.411 e. The molecule has 64 valence electrons. The van der Waals surface area contributed by atoms with E-state index in [4.69, 9.17) is 5.21 Å². The van der Waals surface area contributed by atoms with E-state index in [9.17, 15) is 0 Å². The third kappa shape index (κ3) is 1.81. The summed E-state index contributed by atoms with van der Waals surface area (Å²) in [5.41, 5.74) is 0.898. The molecule has 0 aliphatic heterocycles. The number of hydrogen-bond donors (Lipinski definition) is 1. The Morgan fingerprint density at radius 3 is 2.83 bits per heavy atom. The molecule has 3 heteroatoms. The molecule has 0 aromatic carbocycles. The second-order valence-electron chi connectivity index (χ2n) is 2.87. The average molecular weight is 165 g/mol. The molecule has 1 rings (SSSR count). The summed E-state index contributed by atoms with van der Waals surface area (Å²) in [6.45, 7) is 4.16. The number of aromatic nitrogens is 1. The van der Waals surface area contributed by atoms with E-state index in [0.29, 0.717) is 6.04 Å². The first-order valence-electron chi connectivity index (χ1n) is 3.93. The summed E-state index contributed by atoms with van der Waals surface area (Å²) >= 11 is 0. The zero-order valence-corrected chi connectivity index (χ0v) is 7.31. The van der Waals surface area contributed by atoms with Crippen molar-refractivity contribution < 1.29 is 9.77 Å². The second-order valence-corrected chi connectivity index (χ2v) is 2.87. The molecule has 0 aliphatic rings. The van der Waals surface area contributed by atoms with Gasteiger partial charge in [0.1, 0.15) is 6.21 Å². The zero-order valence-electron chi connectivity index (χ0n) is 7.31. The molecule has 0 spiro atoms. The van der Waals surface area contributed by atoms with Crippen molar-refractivity contribution in [1.82, 2.24) is 0 Å². The number of nitrogens with zero attached hydrogens (tertiary/aromatic N) is 2. The summed E-state index contributed by atoms with van der Waals surface area (Å²) in [6, 6.07) is 6.14. The van der Waals surface area contributed by atoms with E-state index >= 15 is 0 Å². The Bertz CT molecular complexity index is 282. The average Bonchev–Trinajstić information content (AvgIpc) is 2.05. The Morgan fingerprint density at radius 2 is 2.25 bits per heavy atom. The van der Waals surface area contributed by atoms with Crippen LogP contribution in [0, 0.1) is 0 Å². The highest BCUT2D eigenvalue weighted by Gasteiger charge is 2.10. The lowest BCUT2D eigenvalue weighted by Crippen LogP contribution is -2.39. The Kier molecular flexibility index (Phi) is 2.80. The van der Waals surface area contributed by atoms with Crippen molar-refractivity contribution in [3.05, 3.63) is 30.1 Å². The zero-order chi connectivity index (χ0) is 8.97. The fourth-order valence-electron chi connectivity index (χ4n) is 1.11. The molecular weight excluding hydrogens is 152 g/mol. The van der Waals surface area contributed by atoms with Gasteiger partial charge in [0.05, 0.1) is 0 Å². The van der Waals surface area contributed by atoms with E-state index in [0.717, 1.165) is 5.69 Å². The second kappa shape index (κ2) is 3.85. The van der Waals surface area contributed by atoms with Crippen LogP contribution < -0.4 is 4.57 Å². The quantitative estimate of drug-likeness (QED) is 0.305. The van der Waals surface area contributed by atoms with E-state index in [1.54, 1.807) is 0 Å². The van der Waals surface area contributed by atoms with Crippen molar-refractivity contribution in [1.29, 1.82) is 0 Å². The standard InChI is InChI=1S/C9H12N2O/c1-8(2)11-6-4-3-5-9(11)7-10-12/h3-8H,1-2H3/p+1. The molecule has 0 radical (unpaired) electrons. The lowest BCUT2D eigenvalue weighted by atomic mass is 10.3. The van der Waals surface area contributed by atoms with Gasteiger partial charge in [-0.2, -0.15) is 4.57 Å². The van der Waals surface area contributed by atoms with E-state index in [-0.39, 0.29) is 0 Å². The van der Waals surface area contributed by atoms with Gasteiger partial charge in [0.25, 0.3) is 0 Å². The molecule has 0 unspecified atom stereocenters. The number of hydrogen-bond acceptors (Lipinski definition) is 2. The van der Waals surface area contributed by atoms with Gasteiger partial charge < -0.3 is 5.21 Å². The topological polar surface area (TPSA) is 36.5 Å². The lowest BCUT2D eigenvalue weighted by molar-refractivity contribution is -0.717. The molecule has 0 fully saturated rings. The first-order valence-corrected chi connectivity index (χ1v) is 3.93. The molecule has 1 aromatic heterocycles. The maximum atomic E-state index is 8.38. The van der Waals surface area contributed by atoms with Crippen LogP contribution >= 0.6 is 0 Å². The van der Waals surface area contributed by atoms with Gasteiger partial charge in [-0.05, 0) is 19.9 Å². The summed E-state index contributed by atoms with van der Waals surface area (Å²) in [5, 5.41) is 11.4. The summed E-state index contributed by atoms with van der Waals surface area (Å²) in [5.74, 6) is 0. The summed E-state index contributed by atoms with van der Waals surface area (Å²) in [6.07, 6.45) is 3.39. The van der Waals surface area contributed by atoms with Gasteiger partial charge in [-0.15, -0.1) is 0 Å². The van der Waals surface area contributed by atoms with Crippen molar-refractivity contribution in [2.45, 2.75) is 19.9 Å². The van der Waals surface area contributed by atoms with Crippen LogP contribution in [0.15, 0.2) is 29.6 Å². The van der Waals surface area contributed by atoms with E-state index in [1.165, 1.54) is 6.21 Å². The van der Waals surface area contributed by atoms with Crippen LogP contribution in [0.4, 0.5) is 0 Å². The number of oxime groups is 1. The lowest BCUT2D eigenvalue weighted by Gasteiger charge is -2.01. The fraction of sp³-hybridized carbons (Fsp3) is 0.333. The van der Waals surface area contributed by atoms with Crippen molar-refractivity contribution in [2.75, 3.05) is 0 Å². The number of rotatable bonds is 2. The summed E-state index contributed by atoms with van der Waals surface area (Å²) in [4.78, 5) is 0.